The molecule has 1 unspecified atom stereocenters. The van der Waals surface area contributed by atoms with Gasteiger partial charge in [0.05, 0.1) is 0 Å². The average molecular weight is 303 g/mol. The van der Waals surface area contributed by atoms with Crippen LogP contribution in [0.2, 0.25) is 4.44 Å². The summed E-state index contributed by atoms with van der Waals surface area (Å²) >= 11 is 5.61. The van der Waals surface area contributed by atoms with Crippen LogP contribution in [0.1, 0.15) is 28.7 Å². The van der Waals surface area contributed by atoms with E-state index in [1.807, 2.05) is 0 Å². The quantitative estimate of drug-likeness (QED) is 0.445. The Morgan fingerprint density at radius 3 is 2.62 bits per heavy atom. The van der Waals surface area contributed by atoms with E-state index in [0.717, 1.165) is 0 Å². The summed E-state index contributed by atoms with van der Waals surface area (Å²) in [4.78, 5) is 0. The number of hydrogen-bond donors (Lipinski definition) is 0. The fourth-order valence-electron chi connectivity index (χ4n) is 1.40. The molecule has 0 radical (unpaired) electrons. The van der Waals surface area contributed by atoms with E-state index in [-0.39, 0.29) is 0 Å². The van der Waals surface area contributed by atoms with Crippen molar-refractivity contribution in [3.8, 4) is 0 Å². The van der Waals surface area contributed by atoms with Crippen LogP contribution in [0.5, 0.6) is 0 Å². The zero-order valence-corrected chi connectivity index (χ0v) is 13.0. The predicted molar refractivity (Wildman–Crippen MR) is 63.3 cm³/mol. The Balaban J connectivity index is 2.35. The fraction of sp³-hybridized carbons (Fsp3) is 0.455. The second kappa shape index (κ2) is 6.72. The summed E-state index contributed by atoms with van der Waals surface area (Å²) in [6.45, 7) is 2.25. The molecule has 1 aromatic rings. The summed E-state index contributed by atoms with van der Waals surface area (Å²) in [6.07, 6.45) is 2.70. The van der Waals surface area contributed by atoms with Crippen molar-refractivity contribution in [2.75, 3.05) is 0 Å². The molecule has 0 aliphatic heterocycles. The molecular weight excluding hydrogens is 286 g/mol. The van der Waals surface area contributed by atoms with Crippen LogP contribution in [0.15, 0.2) is 30.3 Å². The van der Waals surface area contributed by atoms with Gasteiger partial charge in [-0.15, -0.1) is 0 Å². The Bertz CT molecular complexity index is 223. The third kappa shape index (κ3) is 4.37. The van der Waals surface area contributed by atoms with Gasteiger partial charge in [0.2, 0.25) is 0 Å². The van der Waals surface area contributed by atoms with Gasteiger partial charge in [-0.3, -0.25) is 0 Å². The van der Waals surface area contributed by atoms with Gasteiger partial charge >= 0.3 is 96.2 Å². The van der Waals surface area contributed by atoms with Gasteiger partial charge in [-0.2, -0.15) is 0 Å². The first-order chi connectivity index (χ1) is 6.34. The van der Waals surface area contributed by atoms with E-state index in [2.05, 4.69) is 37.3 Å². The number of hydrogen-bond acceptors (Lipinski definition) is 0. The molecule has 0 bridgehead atoms. The topological polar surface area (TPSA) is 0 Å². The number of halogens is 1. The van der Waals surface area contributed by atoms with Gasteiger partial charge in [-0.25, -0.2) is 0 Å². The van der Waals surface area contributed by atoms with Crippen LogP contribution in [0.25, 0.3) is 0 Å². The molecule has 1 atom stereocenters. The Kier molecular flexibility index (Phi) is 5.88. The summed E-state index contributed by atoms with van der Waals surface area (Å²) < 4.78 is 1.86. The van der Waals surface area contributed by atoms with Crippen molar-refractivity contribution in [2.24, 2.45) is 0 Å². The van der Waals surface area contributed by atoms with E-state index in [0.29, 0.717) is 3.39 Å². The van der Waals surface area contributed by atoms with Gasteiger partial charge in [-0.05, 0) is 0 Å². The van der Waals surface area contributed by atoms with E-state index < -0.39 is 21.1 Å². The average Bonchev–Trinajstić information content (AvgIpc) is 2.19. The fourth-order valence-corrected chi connectivity index (χ4v) is 7.58. The molecule has 0 amide bonds. The third-order valence-corrected chi connectivity index (χ3v) is 9.32. The summed E-state index contributed by atoms with van der Waals surface area (Å²) in [5.74, 6) is 0. The Hall–Kier alpha value is 0.309. The van der Waals surface area contributed by atoms with Gasteiger partial charge in [0.15, 0.2) is 0 Å². The Morgan fingerprint density at radius 2 is 2.00 bits per heavy atom. The number of benzene rings is 1. The molecule has 0 aromatic heterocycles. The minimum atomic E-state index is -0.725. The molecule has 0 saturated heterocycles. The molecule has 0 saturated carbocycles. The zero-order chi connectivity index (χ0) is 9.52. The zero-order valence-electron chi connectivity index (χ0n) is 8.17. The van der Waals surface area contributed by atoms with E-state index in [1.165, 1.54) is 22.8 Å². The van der Waals surface area contributed by atoms with Crippen molar-refractivity contribution < 1.29 is 0 Å². The Morgan fingerprint density at radius 1 is 1.31 bits per heavy atom. The van der Waals surface area contributed by atoms with Crippen molar-refractivity contribution in [2.45, 2.75) is 27.6 Å². The maximum absolute atomic E-state index is 6.34. The second-order valence-electron chi connectivity index (χ2n) is 3.37. The minimum absolute atomic E-state index is 0.412. The van der Waals surface area contributed by atoms with Gasteiger partial charge in [0.25, 0.3) is 0 Å². The summed E-state index contributed by atoms with van der Waals surface area (Å²) in [6, 6.07) is 10.5. The van der Waals surface area contributed by atoms with Crippen LogP contribution in [0.3, 0.4) is 0 Å². The summed E-state index contributed by atoms with van der Waals surface area (Å²) in [7, 11) is 0. The van der Waals surface area contributed by atoms with E-state index >= 15 is 0 Å². The normalized spacial score (nSPS) is 13.7. The van der Waals surface area contributed by atoms with Crippen molar-refractivity contribution >= 4 is 32.7 Å². The predicted octanol–water partition coefficient (Wildman–Crippen LogP) is 3.31. The van der Waals surface area contributed by atoms with Crippen LogP contribution < -0.4 is 0 Å². The maximum atomic E-state index is 6.34. The van der Waals surface area contributed by atoms with Gasteiger partial charge in [0.1, 0.15) is 0 Å². The van der Waals surface area contributed by atoms with Crippen LogP contribution in [-0.4, -0.2) is 21.1 Å². The van der Waals surface area contributed by atoms with Crippen LogP contribution in [0, 0.1) is 0 Å². The third-order valence-electron chi connectivity index (χ3n) is 2.22. The number of rotatable bonds is 5. The molecule has 0 spiro atoms. The van der Waals surface area contributed by atoms with Crippen LogP contribution in [0.4, 0.5) is 0 Å². The molecule has 1 aromatic carbocycles. The molecular formula is C11H17ClSn. The van der Waals surface area contributed by atoms with E-state index in [9.17, 15) is 0 Å². The molecule has 0 aliphatic carbocycles. The van der Waals surface area contributed by atoms with E-state index in [4.69, 9.17) is 11.6 Å². The monoisotopic (exact) mass is 304 g/mol. The van der Waals surface area contributed by atoms with Crippen molar-refractivity contribution in [1.29, 1.82) is 0 Å². The van der Waals surface area contributed by atoms with E-state index in [1.54, 1.807) is 0 Å². The molecule has 72 valence electrons. The van der Waals surface area contributed by atoms with Crippen molar-refractivity contribution in [3.63, 3.8) is 0 Å². The first kappa shape index (κ1) is 11.4. The first-order valence-electron chi connectivity index (χ1n) is 5.03. The van der Waals surface area contributed by atoms with Crippen molar-refractivity contribution in [3.05, 3.63) is 35.9 Å². The SMILES string of the molecule is CCC[CH2][SnH2][CH](Cl)c1ccccc1. The summed E-state index contributed by atoms with van der Waals surface area (Å²) in [5, 5.41) is 0. The molecule has 0 nitrogen and oxygen atoms in total. The second-order valence-corrected chi connectivity index (χ2v) is 11.4. The molecule has 0 N–H and O–H groups in total. The van der Waals surface area contributed by atoms with Crippen LogP contribution in [-0.2, 0) is 0 Å². The van der Waals surface area contributed by atoms with Gasteiger partial charge < -0.3 is 0 Å². The molecule has 0 aliphatic rings. The van der Waals surface area contributed by atoms with Crippen LogP contribution >= 0.6 is 11.6 Å². The molecule has 1 rings (SSSR count). The number of unbranched alkanes of at least 4 members (excludes halogenated alkanes) is 1. The van der Waals surface area contributed by atoms with Gasteiger partial charge in [0, 0.05) is 0 Å². The Labute approximate surface area is 95.9 Å². The first-order valence-corrected chi connectivity index (χ1v) is 10.7. The molecule has 0 fully saturated rings. The number of alkyl halides is 1. The standard InChI is InChI=1S/C7H6Cl.C4H9.Sn.2H/c8-6-7-4-2-1-3-5-7;1-3-4-2;;;/h1-6H;1,3-4H2,2H3;;;. The molecule has 2 heteroatoms. The molecule has 0 heterocycles. The summed E-state index contributed by atoms with van der Waals surface area (Å²) in [5.41, 5.74) is 1.34. The molecule has 13 heavy (non-hydrogen) atoms. The van der Waals surface area contributed by atoms with Gasteiger partial charge in [-0.1, -0.05) is 0 Å². The van der Waals surface area contributed by atoms with Crippen molar-refractivity contribution in [1.82, 2.24) is 0 Å².